The molecule has 23 heavy (non-hydrogen) atoms. The van der Waals surface area contributed by atoms with E-state index in [4.69, 9.17) is 5.26 Å². The van der Waals surface area contributed by atoms with Gasteiger partial charge in [-0.05, 0) is 36.8 Å². The Hall–Kier alpha value is -3.40. The van der Waals surface area contributed by atoms with E-state index in [1.54, 1.807) is 18.2 Å². The minimum Gasteiger partial charge on any atom is -0.504 e. The lowest BCUT2D eigenvalue weighted by Gasteiger charge is -2.11. The lowest BCUT2D eigenvalue weighted by Crippen LogP contribution is -2.11. The molecule has 1 aromatic heterocycles. The van der Waals surface area contributed by atoms with Crippen molar-refractivity contribution in [3.8, 4) is 17.5 Å². The van der Waals surface area contributed by atoms with Gasteiger partial charge in [-0.25, -0.2) is 0 Å². The smallest absolute Gasteiger partial charge is 0.238 e. The summed E-state index contributed by atoms with van der Waals surface area (Å²) in [5, 5.41) is 30.1. The Balaban J connectivity index is 2.07. The maximum absolute atomic E-state index is 11.6. The molecule has 1 amide bonds. The molecular weight excluding hydrogens is 294 g/mol. The van der Waals surface area contributed by atoms with Crippen LogP contribution in [0.15, 0.2) is 36.4 Å². The minimum atomic E-state index is -0.488. The summed E-state index contributed by atoms with van der Waals surface area (Å²) >= 11 is 0. The van der Waals surface area contributed by atoms with E-state index in [1.807, 2.05) is 31.2 Å². The summed E-state index contributed by atoms with van der Waals surface area (Å²) in [6.45, 7) is 1.83. The van der Waals surface area contributed by atoms with Gasteiger partial charge in [0.15, 0.2) is 5.75 Å². The Morgan fingerprint density at radius 2 is 1.96 bits per heavy atom. The average Bonchev–Trinajstić information content (AvgIpc) is 2.94. The van der Waals surface area contributed by atoms with Crippen molar-refractivity contribution < 1.29 is 9.90 Å². The molecule has 0 aliphatic carbocycles. The van der Waals surface area contributed by atoms with Crippen molar-refractivity contribution in [3.05, 3.63) is 42.0 Å². The van der Waals surface area contributed by atoms with E-state index in [1.165, 1.54) is 4.80 Å². The largest absolute Gasteiger partial charge is 0.504 e. The van der Waals surface area contributed by atoms with Crippen molar-refractivity contribution in [1.29, 1.82) is 5.26 Å². The monoisotopic (exact) mass is 307 g/mol. The molecular formula is C16H13N5O2. The number of phenols is 1. The Morgan fingerprint density at radius 3 is 2.57 bits per heavy atom. The van der Waals surface area contributed by atoms with Gasteiger partial charge >= 0.3 is 0 Å². The van der Waals surface area contributed by atoms with Gasteiger partial charge in [-0.15, -0.1) is 15.0 Å². The molecule has 0 fully saturated rings. The fourth-order valence-electron chi connectivity index (χ4n) is 2.24. The number of aromatic nitrogens is 3. The van der Waals surface area contributed by atoms with Gasteiger partial charge in [0.2, 0.25) is 5.91 Å². The number of aryl methyl sites for hydroxylation is 1. The van der Waals surface area contributed by atoms with Crippen LogP contribution in [-0.2, 0) is 4.79 Å². The van der Waals surface area contributed by atoms with Gasteiger partial charge in [-0.3, -0.25) is 4.79 Å². The SMILES string of the molecule is Cc1cc(NC(=O)CC#N)c(O)c(-n2nc3ccccc3n2)c1. The normalized spacial score (nSPS) is 10.4. The second-order valence-corrected chi connectivity index (χ2v) is 5.04. The molecule has 114 valence electrons. The first-order valence-electron chi connectivity index (χ1n) is 6.91. The Morgan fingerprint density at radius 1 is 1.30 bits per heavy atom. The highest BCUT2D eigenvalue weighted by molar-refractivity contribution is 5.94. The molecule has 2 N–H and O–H groups in total. The number of carbonyl (C=O) groups excluding carboxylic acids is 1. The summed E-state index contributed by atoms with van der Waals surface area (Å²) in [6.07, 6.45) is -0.285. The summed E-state index contributed by atoms with van der Waals surface area (Å²) in [7, 11) is 0. The fraction of sp³-hybridized carbons (Fsp3) is 0.125. The van der Waals surface area contributed by atoms with Crippen LogP contribution >= 0.6 is 0 Å². The predicted molar refractivity (Wildman–Crippen MR) is 84.1 cm³/mol. The first-order valence-corrected chi connectivity index (χ1v) is 6.91. The number of anilines is 1. The van der Waals surface area contributed by atoms with Crippen LogP contribution in [0.1, 0.15) is 12.0 Å². The number of nitrogens with zero attached hydrogens (tertiary/aromatic N) is 4. The van der Waals surface area contributed by atoms with Crippen molar-refractivity contribution in [2.45, 2.75) is 13.3 Å². The third kappa shape index (κ3) is 2.82. The highest BCUT2D eigenvalue weighted by Crippen LogP contribution is 2.32. The molecule has 0 aliphatic rings. The lowest BCUT2D eigenvalue weighted by atomic mass is 10.1. The predicted octanol–water partition coefficient (Wildman–Crippen LogP) is 2.29. The van der Waals surface area contributed by atoms with Gasteiger partial charge in [0.05, 0.1) is 11.8 Å². The standard InChI is InChI=1S/C16H13N5O2/c1-10-8-13(18-15(22)6-7-17)16(23)14(9-10)21-19-11-4-2-3-5-12(11)20-21/h2-5,8-9,23H,6H2,1H3,(H,18,22). The van der Waals surface area contributed by atoms with Gasteiger partial charge in [-0.1, -0.05) is 12.1 Å². The number of nitriles is 1. The molecule has 0 atom stereocenters. The van der Waals surface area contributed by atoms with Crippen molar-refractivity contribution in [3.63, 3.8) is 0 Å². The lowest BCUT2D eigenvalue weighted by molar-refractivity contribution is -0.115. The summed E-state index contributed by atoms with van der Waals surface area (Å²) in [6, 6.07) is 12.4. The number of fused-ring (bicyclic) bond motifs is 1. The molecule has 2 aromatic carbocycles. The van der Waals surface area contributed by atoms with Crippen LogP contribution in [0.5, 0.6) is 5.75 Å². The highest BCUT2D eigenvalue weighted by Gasteiger charge is 2.15. The summed E-state index contributed by atoms with van der Waals surface area (Å²) in [4.78, 5) is 12.9. The third-order valence-electron chi connectivity index (χ3n) is 3.25. The van der Waals surface area contributed by atoms with Gasteiger partial charge < -0.3 is 10.4 Å². The summed E-state index contributed by atoms with van der Waals surface area (Å²) in [5.74, 6) is -0.639. The number of hydrogen-bond donors (Lipinski definition) is 2. The van der Waals surface area contributed by atoms with Crippen molar-refractivity contribution in [2.75, 3.05) is 5.32 Å². The van der Waals surface area contributed by atoms with Gasteiger partial charge in [0.1, 0.15) is 23.1 Å². The first kappa shape index (κ1) is 14.5. The van der Waals surface area contributed by atoms with Crippen LogP contribution in [0, 0.1) is 18.3 Å². The Bertz CT molecular complexity index is 906. The van der Waals surface area contributed by atoms with Gasteiger partial charge in [-0.2, -0.15) is 5.26 Å². The summed E-state index contributed by atoms with van der Waals surface area (Å²) < 4.78 is 0. The van der Waals surface area contributed by atoms with Crippen molar-refractivity contribution in [2.24, 2.45) is 0 Å². The topological polar surface area (TPSA) is 104 Å². The molecule has 0 spiro atoms. The molecule has 7 nitrogen and oxygen atoms in total. The minimum absolute atomic E-state index is 0.151. The number of phenolic OH excluding ortho intramolecular Hbond substituents is 1. The van der Waals surface area contributed by atoms with Crippen molar-refractivity contribution >= 4 is 22.6 Å². The maximum Gasteiger partial charge on any atom is 0.238 e. The van der Waals surface area contributed by atoms with Crippen LogP contribution in [-0.4, -0.2) is 26.0 Å². The number of nitrogens with one attached hydrogen (secondary N) is 1. The van der Waals surface area contributed by atoms with Crippen LogP contribution in [0.2, 0.25) is 0 Å². The maximum atomic E-state index is 11.6. The molecule has 0 radical (unpaired) electrons. The fourth-order valence-corrected chi connectivity index (χ4v) is 2.24. The molecule has 0 unspecified atom stereocenters. The zero-order valence-electron chi connectivity index (χ0n) is 12.3. The number of benzene rings is 2. The van der Waals surface area contributed by atoms with E-state index in [2.05, 4.69) is 15.5 Å². The molecule has 0 saturated carbocycles. The summed E-state index contributed by atoms with van der Waals surface area (Å²) in [5.41, 5.74) is 2.79. The first-order chi connectivity index (χ1) is 11.1. The van der Waals surface area contributed by atoms with Crippen LogP contribution in [0.4, 0.5) is 5.69 Å². The van der Waals surface area contributed by atoms with Gasteiger partial charge in [0.25, 0.3) is 0 Å². The van der Waals surface area contributed by atoms with Crippen LogP contribution in [0.25, 0.3) is 16.7 Å². The zero-order chi connectivity index (χ0) is 16.4. The molecule has 0 saturated heterocycles. The molecule has 0 aliphatic heterocycles. The Labute approximate surface area is 131 Å². The van der Waals surface area contributed by atoms with E-state index in [9.17, 15) is 9.90 Å². The third-order valence-corrected chi connectivity index (χ3v) is 3.25. The van der Waals surface area contributed by atoms with E-state index in [0.717, 1.165) is 5.56 Å². The number of carbonyl (C=O) groups is 1. The molecule has 7 heteroatoms. The Kier molecular flexibility index (Phi) is 3.65. The molecule has 3 aromatic rings. The molecule has 1 heterocycles. The average molecular weight is 307 g/mol. The number of hydrogen-bond acceptors (Lipinski definition) is 5. The van der Waals surface area contributed by atoms with Crippen LogP contribution < -0.4 is 5.32 Å². The van der Waals surface area contributed by atoms with E-state index < -0.39 is 5.91 Å². The van der Waals surface area contributed by atoms with Crippen LogP contribution in [0.3, 0.4) is 0 Å². The van der Waals surface area contributed by atoms with E-state index in [-0.39, 0.29) is 17.9 Å². The zero-order valence-corrected chi connectivity index (χ0v) is 12.3. The highest BCUT2D eigenvalue weighted by atomic mass is 16.3. The number of amides is 1. The van der Waals surface area contributed by atoms with Gasteiger partial charge in [0, 0.05) is 0 Å². The molecule has 0 bridgehead atoms. The van der Waals surface area contributed by atoms with Crippen molar-refractivity contribution in [1.82, 2.24) is 15.0 Å². The quantitative estimate of drug-likeness (QED) is 0.722. The molecule has 3 rings (SSSR count). The second kappa shape index (κ2) is 5.77. The van der Waals surface area contributed by atoms with E-state index in [0.29, 0.717) is 16.7 Å². The second-order valence-electron chi connectivity index (χ2n) is 5.04. The van der Waals surface area contributed by atoms with E-state index >= 15 is 0 Å². The number of aromatic hydroxyl groups is 1. The number of rotatable bonds is 3.